The SMILES string of the molecule is C=C1CCC[C@]2(C)CC[C@@H](C(C)(C)O)C[C@]12O. The highest BCUT2D eigenvalue weighted by molar-refractivity contribution is 5.24. The molecule has 0 spiro atoms. The molecule has 2 fully saturated rings. The van der Waals surface area contributed by atoms with E-state index in [9.17, 15) is 10.2 Å². The predicted molar refractivity (Wildman–Crippen MR) is 69.7 cm³/mol. The molecule has 2 saturated carbocycles. The summed E-state index contributed by atoms with van der Waals surface area (Å²) in [7, 11) is 0. The predicted octanol–water partition coefficient (Wildman–Crippen LogP) is 3.03. The van der Waals surface area contributed by atoms with E-state index in [0.717, 1.165) is 37.7 Å². The molecule has 0 heterocycles. The molecule has 0 radical (unpaired) electrons. The van der Waals surface area contributed by atoms with Crippen molar-refractivity contribution in [2.75, 3.05) is 0 Å². The van der Waals surface area contributed by atoms with E-state index in [2.05, 4.69) is 13.5 Å². The first-order valence-corrected chi connectivity index (χ1v) is 6.82. The molecule has 2 aliphatic rings. The van der Waals surface area contributed by atoms with Gasteiger partial charge in [-0.2, -0.15) is 0 Å². The van der Waals surface area contributed by atoms with Crippen molar-refractivity contribution in [3.63, 3.8) is 0 Å². The molecule has 0 aromatic heterocycles. The van der Waals surface area contributed by atoms with E-state index in [1.807, 2.05) is 13.8 Å². The zero-order valence-electron chi connectivity index (χ0n) is 11.4. The van der Waals surface area contributed by atoms with Crippen molar-refractivity contribution < 1.29 is 10.2 Å². The first kappa shape index (κ1) is 13.1. The van der Waals surface area contributed by atoms with Crippen LogP contribution in [0.3, 0.4) is 0 Å². The quantitative estimate of drug-likeness (QED) is 0.689. The maximum atomic E-state index is 11.0. The van der Waals surface area contributed by atoms with Gasteiger partial charge in [0.05, 0.1) is 11.2 Å². The van der Waals surface area contributed by atoms with Gasteiger partial charge < -0.3 is 10.2 Å². The molecule has 0 saturated heterocycles. The van der Waals surface area contributed by atoms with Gasteiger partial charge in [-0.25, -0.2) is 0 Å². The van der Waals surface area contributed by atoms with Crippen LogP contribution in [0.4, 0.5) is 0 Å². The van der Waals surface area contributed by atoms with Crippen LogP contribution in [0.1, 0.15) is 59.3 Å². The molecule has 2 aliphatic carbocycles. The average Bonchev–Trinajstić information content (AvgIpc) is 2.19. The van der Waals surface area contributed by atoms with Crippen LogP contribution in [0.25, 0.3) is 0 Å². The molecule has 2 nitrogen and oxygen atoms in total. The second-order valence-electron chi connectivity index (χ2n) is 6.97. The standard InChI is InChI=1S/C15H26O2/c1-11-6-5-8-14(4)9-7-12(13(2,3)16)10-15(11,14)17/h12,16-17H,1,5-10H2,2-4H3/t12-,14-,15+/m1/s1. The van der Waals surface area contributed by atoms with Gasteiger partial charge in [-0.05, 0) is 63.9 Å². The topological polar surface area (TPSA) is 40.5 Å². The zero-order chi connectivity index (χ0) is 12.9. The fourth-order valence-corrected chi connectivity index (χ4v) is 3.81. The second-order valence-corrected chi connectivity index (χ2v) is 6.97. The minimum absolute atomic E-state index is 0.0237. The Kier molecular flexibility index (Phi) is 2.95. The average molecular weight is 238 g/mol. The molecular weight excluding hydrogens is 212 g/mol. The fraction of sp³-hybridized carbons (Fsp3) is 0.867. The van der Waals surface area contributed by atoms with Crippen LogP contribution in [0, 0.1) is 11.3 Å². The van der Waals surface area contributed by atoms with Crippen LogP contribution in [-0.4, -0.2) is 21.4 Å². The summed E-state index contributed by atoms with van der Waals surface area (Å²) in [4.78, 5) is 0. The Morgan fingerprint density at radius 1 is 1.35 bits per heavy atom. The van der Waals surface area contributed by atoms with E-state index in [-0.39, 0.29) is 11.3 Å². The van der Waals surface area contributed by atoms with Crippen LogP contribution >= 0.6 is 0 Å². The molecule has 98 valence electrons. The van der Waals surface area contributed by atoms with Crippen molar-refractivity contribution in [3.05, 3.63) is 12.2 Å². The molecule has 0 unspecified atom stereocenters. The molecule has 0 aliphatic heterocycles. The number of aliphatic hydroxyl groups is 2. The normalized spacial score (nSPS) is 43.4. The van der Waals surface area contributed by atoms with Crippen molar-refractivity contribution in [1.82, 2.24) is 0 Å². The summed E-state index contributed by atoms with van der Waals surface area (Å²) in [6.45, 7) is 10.0. The zero-order valence-corrected chi connectivity index (χ0v) is 11.4. The highest BCUT2D eigenvalue weighted by Gasteiger charge is 2.55. The van der Waals surface area contributed by atoms with E-state index < -0.39 is 11.2 Å². The Hall–Kier alpha value is -0.340. The highest BCUT2D eigenvalue weighted by Crippen LogP contribution is 2.57. The van der Waals surface area contributed by atoms with Crippen LogP contribution < -0.4 is 0 Å². The van der Waals surface area contributed by atoms with Crippen molar-refractivity contribution in [1.29, 1.82) is 0 Å². The van der Waals surface area contributed by atoms with Gasteiger partial charge >= 0.3 is 0 Å². The van der Waals surface area contributed by atoms with Gasteiger partial charge in [-0.1, -0.05) is 13.5 Å². The van der Waals surface area contributed by atoms with Gasteiger partial charge in [0.25, 0.3) is 0 Å². The molecule has 0 aromatic rings. The lowest BCUT2D eigenvalue weighted by Crippen LogP contribution is -2.56. The minimum atomic E-state index is -0.756. The van der Waals surface area contributed by atoms with E-state index in [0.29, 0.717) is 6.42 Å². The van der Waals surface area contributed by atoms with Gasteiger partial charge in [0.1, 0.15) is 0 Å². The Morgan fingerprint density at radius 3 is 2.59 bits per heavy atom. The third kappa shape index (κ3) is 1.96. The van der Waals surface area contributed by atoms with E-state index in [1.165, 1.54) is 0 Å². The van der Waals surface area contributed by atoms with Gasteiger partial charge in [0.15, 0.2) is 0 Å². The monoisotopic (exact) mass is 238 g/mol. The van der Waals surface area contributed by atoms with Gasteiger partial charge in [0, 0.05) is 5.41 Å². The highest BCUT2D eigenvalue weighted by atomic mass is 16.3. The maximum absolute atomic E-state index is 11.0. The van der Waals surface area contributed by atoms with Crippen molar-refractivity contribution >= 4 is 0 Å². The Balaban J connectivity index is 2.28. The third-order valence-corrected chi connectivity index (χ3v) is 5.38. The summed E-state index contributed by atoms with van der Waals surface area (Å²) in [6.07, 6.45) is 5.84. The summed E-state index contributed by atoms with van der Waals surface area (Å²) in [5.41, 5.74) is -0.493. The summed E-state index contributed by atoms with van der Waals surface area (Å²) >= 11 is 0. The lowest BCUT2D eigenvalue weighted by Gasteiger charge is -2.56. The number of rotatable bonds is 1. The first-order valence-electron chi connectivity index (χ1n) is 6.82. The molecule has 0 aromatic carbocycles. The fourth-order valence-electron chi connectivity index (χ4n) is 3.81. The van der Waals surface area contributed by atoms with Crippen LogP contribution in [0.2, 0.25) is 0 Å². The van der Waals surface area contributed by atoms with Gasteiger partial charge in [0.2, 0.25) is 0 Å². The molecule has 2 N–H and O–H groups in total. The maximum Gasteiger partial charge on any atom is 0.0911 e. The molecule has 3 atom stereocenters. The van der Waals surface area contributed by atoms with Crippen molar-refractivity contribution in [3.8, 4) is 0 Å². The van der Waals surface area contributed by atoms with E-state index in [1.54, 1.807) is 0 Å². The molecular formula is C15H26O2. The van der Waals surface area contributed by atoms with Crippen LogP contribution in [-0.2, 0) is 0 Å². The lowest BCUT2D eigenvalue weighted by molar-refractivity contribution is -0.140. The molecule has 0 amide bonds. The number of hydrogen-bond acceptors (Lipinski definition) is 2. The summed E-state index contributed by atoms with van der Waals surface area (Å²) in [5, 5.41) is 21.2. The van der Waals surface area contributed by atoms with Crippen LogP contribution in [0.15, 0.2) is 12.2 Å². The summed E-state index contributed by atoms with van der Waals surface area (Å²) in [6, 6.07) is 0. The number of fused-ring (bicyclic) bond motifs is 1. The lowest BCUT2D eigenvalue weighted by atomic mass is 9.52. The Bertz CT molecular complexity index is 328. The summed E-state index contributed by atoms with van der Waals surface area (Å²) < 4.78 is 0. The van der Waals surface area contributed by atoms with Crippen LogP contribution in [0.5, 0.6) is 0 Å². The van der Waals surface area contributed by atoms with Crippen molar-refractivity contribution in [2.24, 2.45) is 11.3 Å². The number of hydrogen-bond donors (Lipinski definition) is 2. The molecule has 17 heavy (non-hydrogen) atoms. The van der Waals surface area contributed by atoms with Gasteiger partial charge in [-0.15, -0.1) is 0 Å². The molecule has 0 bridgehead atoms. The van der Waals surface area contributed by atoms with Gasteiger partial charge in [-0.3, -0.25) is 0 Å². The first-order chi connectivity index (χ1) is 7.69. The minimum Gasteiger partial charge on any atom is -0.390 e. The third-order valence-electron chi connectivity index (χ3n) is 5.38. The Labute approximate surface area is 105 Å². The smallest absolute Gasteiger partial charge is 0.0911 e. The second kappa shape index (κ2) is 3.83. The summed E-state index contributed by atoms with van der Waals surface area (Å²) in [5.74, 6) is 0.176. The van der Waals surface area contributed by atoms with Crippen molar-refractivity contribution in [2.45, 2.75) is 70.5 Å². The Morgan fingerprint density at radius 2 is 2.00 bits per heavy atom. The molecule has 2 rings (SSSR count). The van der Waals surface area contributed by atoms with E-state index >= 15 is 0 Å². The molecule has 2 heteroatoms. The van der Waals surface area contributed by atoms with E-state index in [4.69, 9.17) is 0 Å². The largest absolute Gasteiger partial charge is 0.390 e.